The number of hydrogen-bond acceptors (Lipinski definition) is 3. The number of nitrogens with zero attached hydrogens (tertiary/aromatic N) is 3. The van der Waals surface area contributed by atoms with Gasteiger partial charge in [0.25, 0.3) is 0 Å². The van der Waals surface area contributed by atoms with Crippen LogP contribution in [-0.2, 0) is 0 Å². The summed E-state index contributed by atoms with van der Waals surface area (Å²) in [4.78, 5) is 7.68. The van der Waals surface area contributed by atoms with E-state index in [1.807, 2.05) is 0 Å². The fourth-order valence-corrected chi connectivity index (χ4v) is 2.96. The SMILES string of the molecule is C[C@H]1CN(C2(C)CCN(C)CC2)CCN1C. The van der Waals surface area contributed by atoms with Crippen molar-refractivity contribution >= 4 is 0 Å². The van der Waals surface area contributed by atoms with Crippen LogP contribution in [0.1, 0.15) is 26.7 Å². The van der Waals surface area contributed by atoms with E-state index in [1.165, 1.54) is 45.6 Å². The Labute approximate surface area is 100 Å². The van der Waals surface area contributed by atoms with Crippen LogP contribution in [-0.4, -0.2) is 73.1 Å². The lowest BCUT2D eigenvalue weighted by atomic mass is 9.87. The molecule has 2 saturated heterocycles. The van der Waals surface area contributed by atoms with Gasteiger partial charge in [0, 0.05) is 31.2 Å². The number of likely N-dealkylation sites (tertiary alicyclic amines) is 1. The van der Waals surface area contributed by atoms with Gasteiger partial charge in [-0.15, -0.1) is 0 Å². The van der Waals surface area contributed by atoms with Crippen molar-refractivity contribution in [2.45, 2.75) is 38.3 Å². The summed E-state index contributed by atoms with van der Waals surface area (Å²) in [5.41, 5.74) is 0.460. The topological polar surface area (TPSA) is 9.72 Å². The molecule has 0 spiro atoms. The molecule has 0 bridgehead atoms. The fourth-order valence-electron chi connectivity index (χ4n) is 2.96. The summed E-state index contributed by atoms with van der Waals surface area (Å²) < 4.78 is 0. The highest BCUT2D eigenvalue weighted by Crippen LogP contribution is 2.29. The number of rotatable bonds is 1. The van der Waals surface area contributed by atoms with Crippen molar-refractivity contribution in [1.82, 2.24) is 14.7 Å². The molecule has 2 rings (SSSR count). The highest BCUT2D eigenvalue weighted by molar-refractivity contribution is 4.94. The first-order valence-electron chi connectivity index (χ1n) is 6.65. The third-order valence-corrected chi connectivity index (χ3v) is 4.79. The van der Waals surface area contributed by atoms with E-state index < -0.39 is 0 Å². The van der Waals surface area contributed by atoms with Crippen molar-refractivity contribution in [3.8, 4) is 0 Å². The van der Waals surface area contributed by atoms with E-state index in [1.54, 1.807) is 0 Å². The van der Waals surface area contributed by atoms with Crippen LogP contribution >= 0.6 is 0 Å². The van der Waals surface area contributed by atoms with Gasteiger partial charge in [0.1, 0.15) is 0 Å². The molecule has 16 heavy (non-hydrogen) atoms. The van der Waals surface area contributed by atoms with Crippen LogP contribution in [0.2, 0.25) is 0 Å². The average molecular weight is 225 g/mol. The summed E-state index contributed by atoms with van der Waals surface area (Å²) in [6.45, 7) is 11.1. The minimum atomic E-state index is 0.460. The van der Waals surface area contributed by atoms with E-state index in [-0.39, 0.29) is 0 Å². The maximum atomic E-state index is 2.74. The molecule has 0 aromatic carbocycles. The Balaban J connectivity index is 1.96. The molecule has 0 amide bonds. The Morgan fingerprint density at radius 1 is 1.00 bits per heavy atom. The quantitative estimate of drug-likeness (QED) is 0.662. The maximum absolute atomic E-state index is 2.74. The molecule has 0 saturated carbocycles. The van der Waals surface area contributed by atoms with Gasteiger partial charge in [0.15, 0.2) is 0 Å². The summed E-state index contributed by atoms with van der Waals surface area (Å²) in [6.07, 6.45) is 2.67. The Kier molecular flexibility index (Phi) is 3.57. The van der Waals surface area contributed by atoms with Gasteiger partial charge in [-0.05, 0) is 53.9 Å². The minimum absolute atomic E-state index is 0.460. The molecule has 0 unspecified atom stereocenters. The molecule has 2 aliphatic rings. The predicted molar refractivity (Wildman–Crippen MR) is 68.8 cm³/mol. The first-order chi connectivity index (χ1) is 7.51. The summed E-state index contributed by atoms with van der Waals surface area (Å²) in [5.74, 6) is 0. The average Bonchev–Trinajstić information content (AvgIpc) is 2.26. The lowest BCUT2D eigenvalue weighted by Gasteiger charge is -2.50. The predicted octanol–water partition coefficient (Wildman–Crippen LogP) is 1.11. The largest absolute Gasteiger partial charge is 0.306 e. The fraction of sp³-hybridized carbons (Fsp3) is 1.00. The summed E-state index contributed by atoms with van der Waals surface area (Å²) in [5, 5.41) is 0. The van der Waals surface area contributed by atoms with Gasteiger partial charge >= 0.3 is 0 Å². The molecule has 0 aromatic heterocycles. The number of likely N-dealkylation sites (N-methyl/N-ethyl adjacent to an activating group) is 1. The lowest BCUT2D eigenvalue weighted by molar-refractivity contribution is -0.00875. The van der Waals surface area contributed by atoms with E-state index in [2.05, 4.69) is 42.6 Å². The van der Waals surface area contributed by atoms with Crippen LogP contribution in [0.15, 0.2) is 0 Å². The van der Waals surface area contributed by atoms with E-state index >= 15 is 0 Å². The molecule has 1 atom stereocenters. The second-order valence-corrected chi connectivity index (χ2v) is 6.08. The zero-order valence-corrected chi connectivity index (χ0v) is 11.4. The van der Waals surface area contributed by atoms with E-state index in [0.717, 1.165) is 0 Å². The molecular formula is C13H27N3. The third kappa shape index (κ3) is 2.41. The Hall–Kier alpha value is -0.120. The summed E-state index contributed by atoms with van der Waals surface area (Å²) in [6, 6.07) is 0.713. The number of piperidine rings is 1. The second-order valence-electron chi connectivity index (χ2n) is 6.08. The zero-order valence-electron chi connectivity index (χ0n) is 11.4. The molecule has 0 aliphatic carbocycles. The molecule has 2 aliphatic heterocycles. The van der Waals surface area contributed by atoms with Crippen molar-refractivity contribution in [2.75, 3.05) is 46.8 Å². The minimum Gasteiger partial charge on any atom is -0.306 e. The van der Waals surface area contributed by atoms with Crippen LogP contribution in [0.3, 0.4) is 0 Å². The maximum Gasteiger partial charge on any atom is 0.0206 e. The van der Waals surface area contributed by atoms with Crippen molar-refractivity contribution in [3.63, 3.8) is 0 Å². The van der Waals surface area contributed by atoms with Gasteiger partial charge in [-0.1, -0.05) is 0 Å². The van der Waals surface area contributed by atoms with Gasteiger partial charge in [-0.2, -0.15) is 0 Å². The lowest BCUT2D eigenvalue weighted by Crippen LogP contribution is -2.60. The molecule has 3 heteroatoms. The van der Waals surface area contributed by atoms with Crippen LogP contribution < -0.4 is 0 Å². The molecular weight excluding hydrogens is 198 g/mol. The third-order valence-electron chi connectivity index (χ3n) is 4.79. The first-order valence-corrected chi connectivity index (χ1v) is 6.65. The molecule has 3 nitrogen and oxygen atoms in total. The molecule has 2 fully saturated rings. The van der Waals surface area contributed by atoms with Crippen LogP contribution in [0, 0.1) is 0 Å². The molecule has 0 radical (unpaired) electrons. The number of hydrogen-bond donors (Lipinski definition) is 0. The normalized spacial score (nSPS) is 34.1. The second kappa shape index (κ2) is 4.63. The van der Waals surface area contributed by atoms with E-state index in [4.69, 9.17) is 0 Å². The monoisotopic (exact) mass is 225 g/mol. The van der Waals surface area contributed by atoms with Gasteiger partial charge in [-0.3, -0.25) is 4.90 Å². The molecule has 2 heterocycles. The highest BCUT2D eigenvalue weighted by atomic mass is 15.3. The van der Waals surface area contributed by atoms with Crippen molar-refractivity contribution in [1.29, 1.82) is 0 Å². The highest BCUT2D eigenvalue weighted by Gasteiger charge is 2.37. The Morgan fingerprint density at radius 3 is 2.19 bits per heavy atom. The van der Waals surface area contributed by atoms with Crippen molar-refractivity contribution < 1.29 is 0 Å². The molecule has 0 aromatic rings. The molecule has 94 valence electrons. The van der Waals surface area contributed by atoms with Crippen LogP contribution in [0.5, 0.6) is 0 Å². The van der Waals surface area contributed by atoms with Gasteiger partial charge in [-0.25, -0.2) is 0 Å². The Morgan fingerprint density at radius 2 is 1.62 bits per heavy atom. The smallest absolute Gasteiger partial charge is 0.0206 e. The van der Waals surface area contributed by atoms with Crippen LogP contribution in [0.4, 0.5) is 0 Å². The zero-order chi connectivity index (χ0) is 11.8. The first kappa shape index (κ1) is 12.3. The Bertz CT molecular complexity index is 233. The molecule has 0 N–H and O–H groups in total. The van der Waals surface area contributed by atoms with E-state index in [9.17, 15) is 0 Å². The van der Waals surface area contributed by atoms with Gasteiger partial charge in [0.05, 0.1) is 0 Å². The summed E-state index contributed by atoms with van der Waals surface area (Å²) >= 11 is 0. The van der Waals surface area contributed by atoms with Crippen molar-refractivity contribution in [2.24, 2.45) is 0 Å². The van der Waals surface area contributed by atoms with Crippen LogP contribution in [0.25, 0.3) is 0 Å². The van der Waals surface area contributed by atoms with Gasteiger partial charge in [0.2, 0.25) is 0 Å². The summed E-state index contributed by atoms with van der Waals surface area (Å²) in [7, 11) is 4.49. The van der Waals surface area contributed by atoms with Gasteiger partial charge < -0.3 is 9.80 Å². The van der Waals surface area contributed by atoms with Crippen molar-refractivity contribution in [3.05, 3.63) is 0 Å². The van der Waals surface area contributed by atoms with E-state index in [0.29, 0.717) is 11.6 Å². The standard InChI is InChI=1S/C13H27N3/c1-12-11-16(10-9-15(12)4)13(2)5-7-14(3)8-6-13/h12H,5-11H2,1-4H3/t12-/m0/s1. The number of piperazine rings is 1.